The highest BCUT2D eigenvalue weighted by molar-refractivity contribution is 9.10. The van der Waals surface area contributed by atoms with Gasteiger partial charge in [0, 0.05) is 15.6 Å². The highest BCUT2D eigenvalue weighted by Gasteiger charge is 2.13. The number of aromatic nitrogens is 2. The van der Waals surface area contributed by atoms with Gasteiger partial charge >= 0.3 is 0 Å². The van der Waals surface area contributed by atoms with Crippen molar-refractivity contribution < 1.29 is 4.74 Å². The van der Waals surface area contributed by atoms with Crippen molar-refractivity contribution in [2.24, 2.45) is 0 Å². The molecule has 0 atom stereocenters. The molecule has 0 aliphatic carbocycles. The van der Waals surface area contributed by atoms with E-state index in [0.717, 1.165) is 26.9 Å². The Bertz CT molecular complexity index is 522. The van der Waals surface area contributed by atoms with E-state index in [4.69, 9.17) is 10.5 Å². The quantitative estimate of drug-likeness (QED) is 0.890. The molecule has 2 rings (SSSR count). The first-order valence-electron chi connectivity index (χ1n) is 4.77. The van der Waals surface area contributed by atoms with Gasteiger partial charge in [-0.3, -0.25) is 5.10 Å². The van der Waals surface area contributed by atoms with Crippen LogP contribution in [0.2, 0.25) is 0 Å². The van der Waals surface area contributed by atoms with E-state index < -0.39 is 0 Å². The molecule has 0 fully saturated rings. The largest absolute Gasteiger partial charge is 0.496 e. The van der Waals surface area contributed by atoms with E-state index in [1.54, 1.807) is 13.3 Å². The van der Waals surface area contributed by atoms with Crippen LogP contribution >= 0.6 is 15.9 Å². The summed E-state index contributed by atoms with van der Waals surface area (Å²) in [4.78, 5) is 0. The Morgan fingerprint density at radius 3 is 2.69 bits per heavy atom. The van der Waals surface area contributed by atoms with E-state index in [2.05, 4.69) is 26.1 Å². The zero-order valence-electron chi connectivity index (χ0n) is 9.04. The van der Waals surface area contributed by atoms with Crippen molar-refractivity contribution in [3.63, 3.8) is 0 Å². The molecule has 3 N–H and O–H groups in total. The number of hydrogen-bond acceptors (Lipinski definition) is 3. The summed E-state index contributed by atoms with van der Waals surface area (Å²) < 4.78 is 6.38. The number of benzene rings is 1. The molecular weight excluding hydrogens is 270 g/mol. The Morgan fingerprint density at radius 2 is 2.12 bits per heavy atom. The second kappa shape index (κ2) is 4.17. The van der Waals surface area contributed by atoms with E-state index in [1.165, 1.54) is 0 Å². The van der Waals surface area contributed by atoms with Gasteiger partial charge in [0.2, 0.25) is 0 Å². The fourth-order valence-corrected chi connectivity index (χ4v) is 2.28. The minimum absolute atomic E-state index is 0.538. The Hall–Kier alpha value is -1.49. The number of anilines is 1. The summed E-state index contributed by atoms with van der Waals surface area (Å²) in [6.45, 7) is 1.99. The van der Waals surface area contributed by atoms with Crippen molar-refractivity contribution in [2.75, 3.05) is 12.8 Å². The first-order valence-corrected chi connectivity index (χ1v) is 5.56. The predicted octanol–water partition coefficient (Wildman–Crippen LogP) is 2.74. The predicted molar refractivity (Wildman–Crippen MR) is 67.4 cm³/mol. The lowest BCUT2D eigenvalue weighted by atomic mass is 10.0. The summed E-state index contributed by atoms with van der Waals surface area (Å²) in [6.07, 6.45) is 1.69. The molecule has 0 radical (unpaired) electrons. The monoisotopic (exact) mass is 281 g/mol. The third-order valence-electron chi connectivity index (χ3n) is 2.40. The molecule has 0 aliphatic heterocycles. The number of nitrogen functional groups attached to an aromatic ring is 1. The lowest BCUT2D eigenvalue weighted by Crippen LogP contribution is -1.94. The number of nitrogens with zero attached hydrogens (tertiary/aromatic N) is 1. The smallest absolute Gasteiger partial charge is 0.129 e. The maximum absolute atomic E-state index is 5.81. The number of nitrogens with one attached hydrogen (secondary N) is 1. The fourth-order valence-electron chi connectivity index (χ4n) is 1.71. The van der Waals surface area contributed by atoms with Gasteiger partial charge in [-0.1, -0.05) is 15.9 Å². The van der Waals surface area contributed by atoms with E-state index in [1.807, 2.05) is 19.1 Å². The molecule has 0 bridgehead atoms. The number of hydrogen-bond donors (Lipinski definition) is 2. The van der Waals surface area contributed by atoms with Crippen LogP contribution in [-0.2, 0) is 0 Å². The average Bonchev–Trinajstić information content (AvgIpc) is 2.63. The average molecular weight is 282 g/mol. The minimum atomic E-state index is 0.538. The molecule has 1 heterocycles. The summed E-state index contributed by atoms with van der Waals surface area (Å²) in [6, 6.07) is 3.96. The lowest BCUT2D eigenvalue weighted by molar-refractivity contribution is 0.413. The molecule has 1 aromatic heterocycles. The molecule has 4 nitrogen and oxygen atoms in total. The Kier molecular flexibility index (Phi) is 2.87. The molecule has 0 spiro atoms. The first-order chi connectivity index (χ1) is 7.63. The van der Waals surface area contributed by atoms with Gasteiger partial charge in [-0.2, -0.15) is 5.10 Å². The van der Waals surface area contributed by atoms with Crippen molar-refractivity contribution in [1.82, 2.24) is 10.2 Å². The second-order valence-electron chi connectivity index (χ2n) is 3.50. The van der Waals surface area contributed by atoms with Gasteiger partial charge in [0.15, 0.2) is 0 Å². The number of ether oxygens (including phenoxy) is 1. The van der Waals surface area contributed by atoms with Crippen LogP contribution < -0.4 is 10.5 Å². The van der Waals surface area contributed by atoms with Gasteiger partial charge < -0.3 is 10.5 Å². The molecule has 1 aromatic carbocycles. The SMILES string of the molecule is COc1c(C)cc(Br)cc1-c1cn[nH]c1N. The summed E-state index contributed by atoms with van der Waals surface area (Å²) in [7, 11) is 1.65. The van der Waals surface area contributed by atoms with Crippen LogP contribution in [0, 0.1) is 6.92 Å². The van der Waals surface area contributed by atoms with Crippen LogP contribution in [0.4, 0.5) is 5.82 Å². The first kappa shape index (κ1) is 11.0. The number of H-pyrrole nitrogens is 1. The van der Waals surface area contributed by atoms with Crippen LogP contribution in [0.3, 0.4) is 0 Å². The van der Waals surface area contributed by atoms with Crippen molar-refractivity contribution in [3.8, 4) is 16.9 Å². The van der Waals surface area contributed by atoms with Crippen molar-refractivity contribution in [1.29, 1.82) is 0 Å². The van der Waals surface area contributed by atoms with Crippen molar-refractivity contribution in [3.05, 3.63) is 28.4 Å². The van der Waals surface area contributed by atoms with Gasteiger partial charge in [-0.25, -0.2) is 0 Å². The van der Waals surface area contributed by atoms with Gasteiger partial charge in [0.1, 0.15) is 11.6 Å². The maximum Gasteiger partial charge on any atom is 0.129 e. The van der Waals surface area contributed by atoms with Gasteiger partial charge in [0.05, 0.1) is 13.3 Å². The van der Waals surface area contributed by atoms with Gasteiger partial charge in [-0.15, -0.1) is 0 Å². The van der Waals surface area contributed by atoms with E-state index >= 15 is 0 Å². The van der Waals surface area contributed by atoms with E-state index in [-0.39, 0.29) is 0 Å². The molecule has 0 aliphatic rings. The van der Waals surface area contributed by atoms with Crippen molar-refractivity contribution >= 4 is 21.7 Å². The number of rotatable bonds is 2. The maximum atomic E-state index is 5.81. The molecule has 2 aromatic rings. The Balaban J connectivity index is 2.68. The Labute approximate surface area is 102 Å². The van der Waals surface area contributed by atoms with E-state index in [0.29, 0.717) is 5.82 Å². The number of aryl methyl sites for hydroxylation is 1. The molecule has 84 valence electrons. The molecule has 16 heavy (non-hydrogen) atoms. The van der Waals surface area contributed by atoms with Crippen LogP contribution in [0.1, 0.15) is 5.56 Å². The van der Waals surface area contributed by atoms with Gasteiger partial charge in [-0.05, 0) is 24.6 Å². The lowest BCUT2D eigenvalue weighted by Gasteiger charge is -2.11. The minimum Gasteiger partial charge on any atom is -0.496 e. The molecule has 5 heteroatoms. The van der Waals surface area contributed by atoms with Crippen LogP contribution in [0.15, 0.2) is 22.8 Å². The number of nitrogens with two attached hydrogens (primary N) is 1. The normalized spacial score (nSPS) is 10.4. The van der Waals surface area contributed by atoms with Crippen LogP contribution in [-0.4, -0.2) is 17.3 Å². The molecule has 0 saturated carbocycles. The summed E-state index contributed by atoms with van der Waals surface area (Å²) in [5, 5.41) is 6.63. The summed E-state index contributed by atoms with van der Waals surface area (Å²) in [5.41, 5.74) is 8.64. The van der Waals surface area contributed by atoms with Crippen molar-refractivity contribution in [2.45, 2.75) is 6.92 Å². The zero-order chi connectivity index (χ0) is 11.7. The third kappa shape index (κ3) is 1.78. The summed E-state index contributed by atoms with van der Waals surface area (Å²) in [5.74, 6) is 1.35. The zero-order valence-corrected chi connectivity index (χ0v) is 10.6. The van der Waals surface area contributed by atoms with Gasteiger partial charge in [0.25, 0.3) is 0 Å². The van der Waals surface area contributed by atoms with Crippen LogP contribution in [0.5, 0.6) is 5.75 Å². The molecular formula is C11H12BrN3O. The third-order valence-corrected chi connectivity index (χ3v) is 2.86. The summed E-state index contributed by atoms with van der Waals surface area (Å²) >= 11 is 3.46. The molecule has 0 saturated heterocycles. The highest BCUT2D eigenvalue weighted by atomic mass is 79.9. The molecule has 0 amide bonds. The highest BCUT2D eigenvalue weighted by Crippen LogP contribution is 2.37. The number of aromatic amines is 1. The van der Waals surface area contributed by atoms with Crippen LogP contribution in [0.25, 0.3) is 11.1 Å². The van der Waals surface area contributed by atoms with E-state index in [9.17, 15) is 0 Å². The number of halogens is 1. The standard InChI is InChI=1S/C11H12BrN3O/c1-6-3-7(12)4-8(10(6)16-2)9-5-14-15-11(9)13/h3-5H,1-2H3,(H3,13,14,15). The topological polar surface area (TPSA) is 63.9 Å². The Morgan fingerprint density at radius 1 is 1.38 bits per heavy atom. The second-order valence-corrected chi connectivity index (χ2v) is 4.42. The fraction of sp³-hybridized carbons (Fsp3) is 0.182. The number of methoxy groups -OCH3 is 1. The molecule has 0 unspecified atom stereocenters.